The molecule has 134 valence electrons. The van der Waals surface area contributed by atoms with Crippen LogP contribution < -0.4 is 16.2 Å². The van der Waals surface area contributed by atoms with Gasteiger partial charge in [-0.05, 0) is 25.0 Å². The topological polar surface area (TPSA) is 122 Å². The van der Waals surface area contributed by atoms with Crippen molar-refractivity contribution in [3.05, 3.63) is 24.5 Å². The van der Waals surface area contributed by atoms with E-state index in [0.717, 1.165) is 18.4 Å². The Labute approximate surface area is 150 Å². The molecule has 2 heterocycles. The molecule has 8 heteroatoms. The number of ketones is 1. The van der Waals surface area contributed by atoms with Crippen LogP contribution in [0.5, 0.6) is 5.75 Å². The number of fused-ring (bicyclic) bond motifs is 1. The predicted molar refractivity (Wildman–Crippen MR) is 98.6 cm³/mol. The molecular weight excluding hydrogens is 332 g/mol. The molecule has 0 bridgehead atoms. The first-order valence-electron chi connectivity index (χ1n) is 8.52. The van der Waals surface area contributed by atoms with Crippen LogP contribution in [0.1, 0.15) is 31.7 Å². The fourth-order valence-electron chi connectivity index (χ4n) is 3.48. The third-order valence-electron chi connectivity index (χ3n) is 4.88. The van der Waals surface area contributed by atoms with Crippen LogP contribution in [0.4, 0.5) is 11.5 Å². The number of nitrogen functional groups attached to an aromatic ring is 2. The first-order valence-corrected chi connectivity index (χ1v) is 8.52. The molecule has 0 spiro atoms. The molecule has 2 aromatic heterocycles. The molecule has 0 aliphatic heterocycles. The van der Waals surface area contributed by atoms with Crippen molar-refractivity contribution in [2.24, 2.45) is 0 Å². The lowest BCUT2D eigenvalue weighted by Crippen LogP contribution is -2.19. The van der Waals surface area contributed by atoms with E-state index in [1.54, 1.807) is 13.2 Å². The Bertz CT molecular complexity index is 987. The summed E-state index contributed by atoms with van der Waals surface area (Å²) in [6, 6.07) is 5.60. The van der Waals surface area contributed by atoms with Crippen molar-refractivity contribution in [3.63, 3.8) is 0 Å². The molecule has 0 atom stereocenters. The molecule has 0 radical (unpaired) electrons. The fraction of sp³-hybridized carbons (Fsp3) is 0.333. The molecule has 0 unspecified atom stereocenters. The van der Waals surface area contributed by atoms with E-state index >= 15 is 0 Å². The highest BCUT2D eigenvalue weighted by Gasteiger charge is 2.26. The summed E-state index contributed by atoms with van der Waals surface area (Å²) in [5, 5.41) is 5.51. The highest BCUT2D eigenvalue weighted by Crippen LogP contribution is 2.37. The maximum absolute atomic E-state index is 11.6. The second kappa shape index (κ2) is 6.29. The number of anilines is 2. The lowest BCUT2D eigenvalue weighted by atomic mass is 9.94. The molecule has 3 aromatic rings. The van der Waals surface area contributed by atoms with Crippen molar-refractivity contribution in [1.82, 2.24) is 19.7 Å². The number of nitrogens with zero attached hydrogens (tertiary/aromatic N) is 4. The Hall–Kier alpha value is -3.16. The third-order valence-corrected chi connectivity index (χ3v) is 4.88. The highest BCUT2D eigenvalue weighted by atomic mass is 16.5. The van der Waals surface area contributed by atoms with Gasteiger partial charge in [-0.1, -0.05) is 6.07 Å². The molecule has 8 nitrogen and oxygen atoms in total. The number of aromatic nitrogens is 4. The van der Waals surface area contributed by atoms with E-state index < -0.39 is 0 Å². The van der Waals surface area contributed by atoms with Gasteiger partial charge in [0.15, 0.2) is 5.65 Å². The number of ether oxygens (including phenoxy) is 1. The minimum absolute atomic E-state index is 0.119. The minimum atomic E-state index is 0.119. The molecule has 1 aliphatic carbocycles. The average Bonchev–Trinajstić information content (AvgIpc) is 3.04. The van der Waals surface area contributed by atoms with Crippen LogP contribution in [0.2, 0.25) is 0 Å². The van der Waals surface area contributed by atoms with Gasteiger partial charge in [-0.15, -0.1) is 0 Å². The van der Waals surface area contributed by atoms with Crippen LogP contribution in [-0.2, 0) is 4.79 Å². The van der Waals surface area contributed by atoms with E-state index in [4.69, 9.17) is 21.3 Å². The van der Waals surface area contributed by atoms with Crippen LogP contribution in [0.15, 0.2) is 24.5 Å². The van der Waals surface area contributed by atoms with Gasteiger partial charge in [-0.2, -0.15) is 5.10 Å². The zero-order valence-electron chi connectivity index (χ0n) is 14.5. The van der Waals surface area contributed by atoms with Gasteiger partial charge in [0.25, 0.3) is 0 Å². The van der Waals surface area contributed by atoms with E-state index in [2.05, 4.69) is 9.97 Å². The molecule has 1 fully saturated rings. The van der Waals surface area contributed by atoms with E-state index in [1.165, 1.54) is 6.33 Å². The van der Waals surface area contributed by atoms with Crippen LogP contribution in [0.3, 0.4) is 0 Å². The first kappa shape index (κ1) is 16.3. The molecule has 1 saturated carbocycles. The smallest absolute Gasteiger partial charge is 0.164 e. The number of carbonyl (C=O) groups excluding carboxylic acids is 1. The van der Waals surface area contributed by atoms with Gasteiger partial charge in [0.1, 0.15) is 29.4 Å². The van der Waals surface area contributed by atoms with Crippen LogP contribution in [-0.4, -0.2) is 32.6 Å². The number of carbonyl (C=O) groups is 1. The molecule has 0 saturated heterocycles. The van der Waals surface area contributed by atoms with E-state index in [-0.39, 0.29) is 6.04 Å². The Kier molecular flexibility index (Phi) is 3.95. The lowest BCUT2D eigenvalue weighted by Gasteiger charge is -2.21. The summed E-state index contributed by atoms with van der Waals surface area (Å²) in [7, 11) is 1.57. The molecule has 4 N–H and O–H groups in total. The SMILES string of the molecule is COc1cc(-c2nn(C3CCC(=O)CC3)c3ncnc(N)c23)ccc1N. The summed E-state index contributed by atoms with van der Waals surface area (Å²) >= 11 is 0. The van der Waals surface area contributed by atoms with Crippen molar-refractivity contribution >= 4 is 28.3 Å². The lowest BCUT2D eigenvalue weighted by molar-refractivity contribution is -0.120. The quantitative estimate of drug-likeness (QED) is 0.694. The summed E-state index contributed by atoms with van der Waals surface area (Å²) in [5.74, 6) is 1.25. The van der Waals surface area contributed by atoms with Crippen molar-refractivity contribution < 1.29 is 9.53 Å². The van der Waals surface area contributed by atoms with Gasteiger partial charge in [0.05, 0.1) is 24.2 Å². The number of hydrogen-bond donors (Lipinski definition) is 2. The Morgan fingerprint density at radius 3 is 2.69 bits per heavy atom. The molecular formula is C18H20N6O2. The number of benzene rings is 1. The Morgan fingerprint density at radius 2 is 1.96 bits per heavy atom. The van der Waals surface area contributed by atoms with Crippen molar-refractivity contribution in [3.8, 4) is 17.0 Å². The normalized spacial score (nSPS) is 15.5. The summed E-state index contributed by atoms with van der Waals surface area (Å²) in [6.07, 6.45) is 4.08. The van der Waals surface area contributed by atoms with Gasteiger partial charge in [0, 0.05) is 18.4 Å². The van der Waals surface area contributed by atoms with Crippen molar-refractivity contribution in [1.29, 1.82) is 0 Å². The Morgan fingerprint density at radius 1 is 1.19 bits per heavy atom. The summed E-state index contributed by atoms with van der Waals surface area (Å²) in [5.41, 5.74) is 14.8. The predicted octanol–water partition coefficient (Wildman–Crippen LogP) is 2.35. The number of methoxy groups -OCH3 is 1. The second-order valence-electron chi connectivity index (χ2n) is 6.48. The molecule has 0 amide bonds. The van der Waals surface area contributed by atoms with Gasteiger partial charge in [-0.25, -0.2) is 14.6 Å². The van der Waals surface area contributed by atoms with Crippen LogP contribution >= 0.6 is 0 Å². The van der Waals surface area contributed by atoms with Crippen LogP contribution in [0, 0.1) is 0 Å². The maximum atomic E-state index is 11.6. The zero-order valence-corrected chi connectivity index (χ0v) is 14.5. The Balaban J connectivity index is 1.89. The van der Waals surface area contributed by atoms with Crippen LogP contribution in [0.25, 0.3) is 22.3 Å². The highest BCUT2D eigenvalue weighted by molar-refractivity contribution is 5.98. The fourth-order valence-corrected chi connectivity index (χ4v) is 3.48. The maximum Gasteiger partial charge on any atom is 0.164 e. The second-order valence-corrected chi connectivity index (χ2v) is 6.48. The third kappa shape index (κ3) is 2.63. The molecule has 4 rings (SSSR count). The van der Waals surface area contributed by atoms with E-state index in [1.807, 2.05) is 16.8 Å². The van der Waals surface area contributed by atoms with Gasteiger partial charge < -0.3 is 16.2 Å². The standard InChI is InChI=1S/C18H20N6O2/c1-26-14-8-10(2-7-13(14)19)16-15-17(20)21-9-22-18(15)24(23-16)11-3-5-12(25)6-4-11/h2,7-9,11H,3-6,19H2,1H3,(H2,20,21,22). The van der Waals surface area contributed by atoms with Crippen molar-refractivity contribution in [2.75, 3.05) is 18.6 Å². The van der Waals surface area contributed by atoms with E-state index in [0.29, 0.717) is 52.6 Å². The number of rotatable bonds is 3. The monoisotopic (exact) mass is 352 g/mol. The molecule has 1 aromatic carbocycles. The van der Waals surface area contributed by atoms with Gasteiger partial charge >= 0.3 is 0 Å². The summed E-state index contributed by atoms with van der Waals surface area (Å²) < 4.78 is 7.21. The molecule has 1 aliphatic rings. The minimum Gasteiger partial charge on any atom is -0.495 e. The average molecular weight is 352 g/mol. The van der Waals surface area contributed by atoms with Crippen molar-refractivity contribution in [2.45, 2.75) is 31.7 Å². The van der Waals surface area contributed by atoms with Gasteiger partial charge in [-0.3, -0.25) is 4.79 Å². The van der Waals surface area contributed by atoms with E-state index in [9.17, 15) is 4.79 Å². The largest absolute Gasteiger partial charge is 0.495 e. The summed E-state index contributed by atoms with van der Waals surface area (Å²) in [6.45, 7) is 0. The molecule has 26 heavy (non-hydrogen) atoms. The zero-order chi connectivity index (χ0) is 18.3. The van der Waals surface area contributed by atoms with Gasteiger partial charge in [0.2, 0.25) is 0 Å². The number of Topliss-reactive ketones (excluding diaryl/α,β-unsaturated/α-hetero) is 1. The number of nitrogens with two attached hydrogens (primary N) is 2. The number of hydrogen-bond acceptors (Lipinski definition) is 7. The summed E-state index contributed by atoms with van der Waals surface area (Å²) in [4.78, 5) is 20.1. The first-order chi connectivity index (χ1) is 12.6.